The molecule has 0 amide bonds. The zero-order valence-corrected chi connectivity index (χ0v) is 8.04. The molecule has 1 atom stereocenters. The molecule has 0 N–H and O–H groups in total. The van der Waals surface area contributed by atoms with Crippen molar-refractivity contribution < 1.29 is 14.3 Å². The molecule has 2 fully saturated rings. The summed E-state index contributed by atoms with van der Waals surface area (Å²) in [5, 5.41) is 0. The highest BCUT2D eigenvalue weighted by Crippen LogP contribution is 2.38. The minimum absolute atomic E-state index is 0.159. The smallest absolute Gasteiger partial charge is 0.169 e. The lowest BCUT2D eigenvalue weighted by Gasteiger charge is -2.35. The van der Waals surface area contributed by atoms with Crippen LogP contribution in [0, 0.1) is 5.92 Å². The molecule has 0 aromatic heterocycles. The summed E-state index contributed by atoms with van der Waals surface area (Å²) in [6.07, 6.45) is 3.77. The summed E-state index contributed by atoms with van der Waals surface area (Å²) >= 11 is 0. The van der Waals surface area contributed by atoms with Gasteiger partial charge in [0, 0.05) is 18.8 Å². The third-order valence-corrected chi connectivity index (χ3v) is 3.06. The van der Waals surface area contributed by atoms with Gasteiger partial charge in [-0.2, -0.15) is 0 Å². The van der Waals surface area contributed by atoms with E-state index in [9.17, 15) is 4.79 Å². The number of Topliss-reactive ketones (excluding diaryl/α,β-unsaturated/α-hetero) is 1. The molecule has 1 saturated heterocycles. The van der Waals surface area contributed by atoms with Crippen molar-refractivity contribution in [1.29, 1.82) is 0 Å². The SMILES string of the molecule is CC(=O)[C@H]1CCCC2(C1)OCCO2. The second kappa shape index (κ2) is 3.39. The Kier molecular flexibility index (Phi) is 2.39. The van der Waals surface area contributed by atoms with Crippen LogP contribution in [0.1, 0.15) is 32.6 Å². The zero-order chi connectivity index (χ0) is 9.31. The molecule has 3 nitrogen and oxygen atoms in total. The summed E-state index contributed by atoms with van der Waals surface area (Å²) in [6.45, 7) is 3.04. The van der Waals surface area contributed by atoms with Crippen LogP contribution in [0.5, 0.6) is 0 Å². The first-order valence-corrected chi connectivity index (χ1v) is 5.00. The van der Waals surface area contributed by atoms with Crippen LogP contribution in [0.4, 0.5) is 0 Å². The molecule has 0 radical (unpaired) electrons. The summed E-state index contributed by atoms with van der Waals surface area (Å²) in [7, 11) is 0. The van der Waals surface area contributed by atoms with Gasteiger partial charge < -0.3 is 9.47 Å². The predicted octanol–water partition coefficient (Wildman–Crippen LogP) is 1.51. The largest absolute Gasteiger partial charge is 0.348 e. The number of hydrogen-bond donors (Lipinski definition) is 0. The first-order chi connectivity index (χ1) is 6.22. The van der Waals surface area contributed by atoms with E-state index in [0.29, 0.717) is 13.2 Å². The Labute approximate surface area is 78.4 Å². The van der Waals surface area contributed by atoms with Crippen LogP contribution in [0.25, 0.3) is 0 Å². The molecule has 1 heterocycles. The lowest BCUT2D eigenvalue weighted by atomic mass is 9.82. The molecule has 1 aliphatic carbocycles. The van der Waals surface area contributed by atoms with Gasteiger partial charge in [0.2, 0.25) is 0 Å². The monoisotopic (exact) mass is 184 g/mol. The van der Waals surface area contributed by atoms with E-state index in [0.717, 1.165) is 25.7 Å². The molecular weight excluding hydrogens is 168 g/mol. The Bertz CT molecular complexity index is 206. The minimum atomic E-state index is -0.394. The van der Waals surface area contributed by atoms with Crippen LogP contribution in [0.15, 0.2) is 0 Å². The summed E-state index contributed by atoms with van der Waals surface area (Å²) in [4.78, 5) is 11.2. The molecule has 74 valence electrons. The van der Waals surface area contributed by atoms with Crippen molar-refractivity contribution in [2.45, 2.75) is 38.4 Å². The molecule has 0 aromatic rings. The topological polar surface area (TPSA) is 35.5 Å². The lowest BCUT2D eigenvalue weighted by Crippen LogP contribution is -2.38. The summed E-state index contributed by atoms with van der Waals surface area (Å²) in [5.74, 6) is 0.0409. The highest BCUT2D eigenvalue weighted by molar-refractivity contribution is 5.78. The first-order valence-electron chi connectivity index (χ1n) is 5.00. The molecule has 1 spiro atoms. The van der Waals surface area contributed by atoms with Gasteiger partial charge in [0.1, 0.15) is 5.78 Å². The van der Waals surface area contributed by atoms with Crippen molar-refractivity contribution in [2.75, 3.05) is 13.2 Å². The minimum Gasteiger partial charge on any atom is -0.348 e. The van der Waals surface area contributed by atoms with Gasteiger partial charge in [-0.15, -0.1) is 0 Å². The van der Waals surface area contributed by atoms with Crippen LogP contribution in [0.3, 0.4) is 0 Å². The highest BCUT2D eigenvalue weighted by Gasteiger charge is 2.42. The van der Waals surface area contributed by atoms with Crippen LogP contribution in [-0.2, 0) is 14.3 Å². The maximum atomic E-state index is 11.2. The van der Waals surface area contributed by atoms with Gasteiger partial charge in [0.05, 0.1) is 13.2 Å². The van der Waals surface area contributed by atoms with Crippen molar-refractivity contribution in [3.63, 3.8) is 0 Å². The van der Waals surface area contributed by atoms with E-state index >= 15 is 0 Å². The highest BCUT2D eigenvalue weighted by atomic mass is 16.7. The standard InChI is InChI=1S/C10H16O3/c1-8(11)9-3-2-4-10(7-9)12-5-6-13-10/h9H,2-7H2,1H3/t9-/m0/s1. The van der Waals surface area contributed by atoms with Gasteiger partial charge in [0.15, 0.2) is 5.79 Å². The zero-order valence-electron chi connectivity index (χ0n) is 8.04. The third kappa shape index (κ3) is 1.76. The van der Waals surface area contributed by atoms with Crippen molar-refractivity contribution in [3.8, 4) is 0 Å². The fourth-order valence-corrected chi connectivity index (χ4v) is 2.30. The molecule has 1 aliphatic heterocycles. The Hall–Kier alpha value is -0.410. The van der Waals surface area contributed by atoms with Crippen LogP contribution < -0.4 is 0 Å². The second-order valence-electron chi connectivity index (χ2n) is 4.01. The Morgan fingerprint density at radius 3 is 2.69 bits per heavy atom. The van der Waals surface area contributed by atoms with Gasteiger partial charge in [-0.25, -0.2) is 0 Å². The normalized spacial score (nSPS) is 32.2. The van der Waals surface area contributed by atoms with Gasteiger partial charge in [-0.3, -0.25) is 4.79 Å². The second-order valence-corrected chi connectivity index (χ2v) is 4.01. The van der Waals surface area contributed by atoms with E-state index in [4.69, 9.17) is 9.47 Å². The number of ether oxygens (including phenoxy) is 2. The Balaban J connectivity index is 2.02. The van der Waals surface area contributed by atoms with Crippen molar-refractivity contribution in [3.05, 3.63) is 0 Å². The number of carbonyl (C=O) groups is 1. The van der Waals surface area contributed by atoms with E-state index in [2.05, 4.69) is 0 Å². The van der Waals surface area contributed by atoms with Gasteiger partial charge >= 0.3 is 0 Å². The van der Waals surface area contributed by atoms with Crippen LogP contribution in [-0.4, -0.2) is 24.8 Å². The van der Waals surface area contributed by atoms with Gasteiger partial charge in [0.25, 0.3) is 0 Å². The molecule has 3 heteroatoms. The Morgan fingerprint density at radius 2 is 2.08 bits per heavy atom. The molecule has 1 saturated carbocycles. The molecule has 0 aromatic carbocycles. The molecule has 13 heavy (non-hydrogen) atoms. The van der Waals surface area contributed by atoms with Crippen molar-refractivity contribution in [2.24, 2.45) is 5.92 Å². The summed E-state index contributed by atoms with van der Waals surface area (Å²) in [5.41, 5.74) is 0. The van der Waals surface area contributed by atoms with Crippen LogP contribution >= 0.6 is 0 Å². The van der Waals surface area contributed by atoms with E-state index in [1.165, 1.54) is 0 Å². The number of ketones is 1. The fourth-order valence-electron chi connectivity index (χ4n) is 2.30. The average molecular weight is 184 g/mol. The van der Waals surface area contributed by atoms with E-state index in [1.54, 1.807) is 6.92 Å². The lowest BCUT2D eigenvalue weighted by molar-refractivity contribution is -0.188. The first kappa shape index (κ1) is 9.16. The predicted molar refractivity (Wildman–Crippen MR) is 47.3 cm³/mol. The average Bonchev–Trinajstić information content (AvgIpc) is 2.53. The summed E-state index contributed by atoms with van der Waals surface area (Å²) < 4.78 is 11.2. The van der Waals surface area contributed by atoms with Crippen molar-refractivity contribution in [1.82, 2.24) is 0 Å². The number of hydrogen-bond acceptors (Lipinski definition) is 3. The van der Waals surface area contributed by atoms with Crippen molar-refractivity contribution >= 4 is 5.78 Å². The fraction of sp³-hybridized carbons (Fsp3) is 0.900. The Morgan fingerprint density at radius 1 is 1.38 bits per heavy atom. The van der Waals surface area contributed by atoms with Gasteiger partial charge in [-0.05, 0) is 19.8 Å². The van der Waals surface area contributed by atoms with Crippen LogP contribution in [0.2, 0.25) is 0 Å². The maximum absolute atomic E-state index is 11.2. The maximum Gasteiger partial charge on any atom is 0.169 e. The third-order valence-electron chi connectivity index (χ3n) is 3.06. The molecule has 0 unspecified atom stereocenters. The molecule has 0 bridgehead atoms. The molecule has 2 rings (SSSR count). The summed E-state index contributed by atoms with van der Waals surface area (Å²) in [6, 6.07) is 0. The number of carbonyl (C=O) groups excluding carboxylic acids is 1. The van der Waals surface area contributed by atoms with E-state index in [-0.39, 0.29) is 11.7 Å². The molecule has 2 aliphatic rings. The van der Waals surface area contributed by atoms with E-state index < -0.39 is 5.79 Å². The molecular formula is C10H16O3. The number of rotatable bonds is 1. The van der Waals surface area contributed by atoms with Gasteiger partial charge in [-0.1, -0.05) is 0 Å². The van der Waals surface area contributed by atoms with E-state index in [1.807, 2.05) is 0 Å². The quantitative estimate of drug-likeness (QED) is 0.619.